The molecule has 0 aliphatic rings. The Hall–Kier alpha value is -2.21. The van der Waals surface area contributed by atoms with Crippen molar-refractivity contribution in [3.8, 4) is 5.75 Å². The summed E-state index contributed by atoms with van der Waals surface area (Å²) in [6, 6.07) is 5.61. The molecule has 0 aliphatic heterocycles. The number of halogens is 1. The van der Waals surface area contributed by atoms with E-state index in [1.54, 1.807) is 31.2 Å². The van der Waals surface area contributed by atoms with Crippen molar-refractivity contribution in [1.29, 1.82) is 0 Å². The van der Waals surface area contributed by atoms with E-state index in [-0.39, 0.29) is 12.5 Å². The van der Waals surface area contributed by atoms with Gasteiger partial charge in [0, 0.05) is 19.8 Å². The predicted molar refractivity (Wildman–Crippen MR) is 81.6 cm³/mol. The van der Waals surface area contributed by atoms with Gasteiger partial charge < -0.3 is 15.4 Å². The maximum Gasteiger partial charge on any atom is 0.241 e. The first-order valence-corrected chi connectivity index (χ1v) is 6.79. The number of ether oxygens (including phenoxy) is 1. The molecule has 0 saturated carbocycles. The molecule has 0 bridgehead atoms. The van der Waals surface area contributed by atoms with Gasteiger partial charge in [0.1, 0.15) is 12.3 Å². The lowest BCUT2D eigenvalue weighted by atomic mass is 10.2. The highest BCUT2D eigenvalue weighted by molar-refractivity contribution is 6.32. The summed E-state index contributed by atoms with van der Waals surface area (Å²) in [5.74, 6) is 0.561. The van der Waals surface area contributed by atoms with E-state index in [0.29, 0.717) is 17.3 Å². The molecule has 0 atom stereocenters. The molecule has 2 N–H and O–H groups in total. The molecule has 2 rings (SSSR count). The number of hydrogen-bond acceptors (Lipinski definition) is 4. The van der Waals surface area contributed by atoms with Gasteiger partial charge in [-0.15, -0.1) is 0 Å². The van der Waals surface area contributed by atoms with Crippen LogP contribution in [0.15, 0.2) is 30.6 Å². The third-order valence-corrected chi connectivity index (χ3v) is 3.23. The number of nitrogens with one attached hydrogen (secondary N) is 2. The van der Waals surface area contributed by atoms with Crippen LogP contribution in [0.2, 0.25) is 5.02 Å². The normalized spacial score (nSPS) is 10.2. The minimum atomic E-state index is -0.0911. The van der Waals surface area contributed by atoms with E-state index in [4.69, 9.17) is 16.3 Å². The fraction of sp³-hybridized carbons (Fsp3) is 0.286. The van der Waals surface area contributed by atoms with Gasteiger partial charge in [-0.2, -0.15) is 5.10 Å². The summed E-state index contributed by atoms with van der Waals surface area (Å²) in [5.41, 5.74) is 1.87. The van der Waals surface area contributed by atoms with Gasteiger partial charge in [-0.3, -0.25) is 9.48 Å². The maximum absolute atomic E-state index is 11.2. The SMILES string of the molecule is CNC(=O)Cn1cc(NCc2ccc(OC)c(Cl)c2)cn1. The van der Waals surface area contributed by atoms with Crippen LogP contribution in [-0.4, -0.2) is 29.8 Å². The van der Waals surface area contributed by atoms with Crippen LogP contribution in [0.3, 0.4) is 0 Å². The van der Waals surface area contributed by atoms with Crippen molar-refractivity contribution < 1.29 is 9.53 Å². The lowest BCUT2D eigenvalue weighted by molar-refractivity contribution is -0.121. The highest BCUT2D eigenvalue weighted by atomic mass is 35.5. The molecule has 1 heterocycles. The van der Waals surface area contributed by atoms with Gasteiger partial charge in [0.2, 0.25) is 5.91 Å². The summed E-state index contributed by atoms with van der Waals surface area (Å²) >= 11 is 6.07. The van der Waals surface area contributed by atoms with Crippen molar-refractivity contribution in [2.45, 2.75) is 13.1 Å². The molecule has 0 radical (unpaired) electrons. The molecule has 0 fully saturated rings. The minimum absolute atomic E-state index is 0.0911. The second-order valence-electron chi connectivity index (χ2n) is 4.42. The third-order valence-electron chi connectivity index (χ3n) is 2.93. The molecule has 0 unspecified atom stereocenters. The summed E-state index contributed by atoms with van der Waals surface area (Å²) in [6.45, 7) is 0.807. The molecule has 0 saturated heterocycles. The van der Waals surface area contributed by atoms with Crippen LogP contribution in [0.4, 0.5) is 5.69 Å². The molecule has 21 heavy (non-hydrogen) atoms. The van der Waals surface area contributed by atoms with Gasteiger partial charge in [0.25, 0.3) is 0 Å². The first-order chi connectivity index (χ1) is 10.1. The van der Waals surface area contributed by atoms with Crippen LogP contribution < -0.4 is 15.4 Å². The summed E-state index contributed by atoms with van der Waals surface area (Å²) < 4.78 is 6.68. The Labute approximate surface area is 128 Å². The lowest BCUT2D eigenvalue weighted by Gasteiger charge is -2.07. The van der Waals surface area contributed by atoms with Crippen LogP contribution in [0.25, 0.3) is 0 Å². The van der Waals surface area contributed by atoms with Crippen molar-refractivity contribution in [3.63, 3.8) is 0 Å². The largest absolute Gasteiger partial charge is 0.495 e. The van der Waals surface area contributed by atoms with Crippen LogP contribution >= 0.6 is 11.6 Å². The monoisotopic (exact) mass is 308 g/mol. The van der Waals surface area contributed by atoms with Gasteiger partial charge in [-0.25, -0.2) is 0 Å². The zero-order valence-corrected chi connectivity index (χ0v) is 12.6. The predicted octanol–water partition coefficient (Wildman–Crippen LogP) is 1.90. The maximum atomic E-state index is 11.2. The van der Waals surface area contributed by atoms with Gasteiger partial charge in [0.05, 0.1) is 24.0 Å². The Kier molecular flexibility index (Phi) is 5.05. The number of likely N-dealkylation sites (N-methyl/N-ethyl adjacent to an activating group) is 1. The van der Waals surface area contributed by atoms with Crippen LogP contribution in [0.5, 0.6) is 5.75 Å². The lowest BCUT2D eigenvalue weighted by Crippen LogP contribution is -2.23. The molecule has 0 aliphatic carbocycles. The molecule has 112 valence electrons. The van der Waals surface area contributed by atoms with E-state index in [9.17, 15) is 4.79 Å². The summed E-state index contributed by atoms with van der Waals surface area (Å²) in [5, 5.41) is 10.5. The Bertz CT molecular complexity index is 627. The van der Waals surface area contributed by atoms with E-state index < -0.39 is 0 Å². The van der Waals surface area contributed by atoms with Crippen LogP contribution in [-0.2, 0) is 17.9 Å². The Morgan fingerprint density at radius 2 is 2.29 bits per heavy atom. The third kappa shape index (κ3) is 4.13. The highest BCUT2D eigenvalue weighted by Crippen LogP contribution is 2.25. The Morgan fingerprint density at radius 1 is 1.48 bits per heavy atom. The number of methoxy groups -OCH3 is 1. The topological polar surface area (TPSA) is 68.2 Å². The summed E-state index contributed by atoms with van der Waals surface area (Å²) in [6.07, 6.45) is 3.45. The minimum Gasteiger partial charge on any atom is -0.495 e. The first kappa shape index (κ1) is 15.2. The van der Waals surface area contributed by atoms with Gasteiger partial charge in [-0.1, -0.05) is 17.7 Å². The van der Waals surface area contributed by atoms with Crippen molar-refractivity contribution in [2.24, 2.45) is 0 Å². The first-order valence-electron chi connectivity index (χ1n) is 6.41. The number of hydrogen-bond donors (Lipinski definition) is 2. The zero-order valence-electron chi connectivity index (χ0n) is 11.9. The number of amides is 1. The van der Waals surface area contributed by atoms with E-state index in [1.807, 2.05) is 18.2 Å². The number of benzene rings is 1. The Morgan fingerprint density at radius 3 is 2.95 bits per heavy atom. The molecule has 1 amide bonds. The van der Waals surface area contributed by atoms with Crippen molar-refractivity contribution in [1.82, 2.24) is 15.1 Å². The average Bonchev–Trinajstić information content (AvgIpc) is 2.92. The van der Waals surface area contributed by atoms with Gasteiger partial charge in [0.15, 0.2) is 0 Å². The fourth-order valence-corrected chi connectivity index (χ4v) is 2.07. The van der Waals surface area contributed by atoms with Crippen LogP contribution in [0, 0.1) is 0 Å². The number of aromatic nitrogens is 2. The van der Waals surface area contributed by atoms with E-state index in [2.05, 4.69) is 15.7 Å². The molecule has 0 spiro atoms. The van der Waals surface area contributed by atoms with E-state index in [0.717, 1.165) is 11.3 Å². The average molecular weight is 309 g/mol. The van der Waals surface area contributed by atoms with E-state index >= 15 is 0 Å². The summed E-state index contributed by atoms with van der Waals surface area (Å²) in [7, 11) is 3.18. The standard InChI is InChI=1S/C14H17ClN4O2/c1-16-14(20)9-19-8-11(7-18-19)17-6-10-3-4-13(21-2)12(15)5-10/h3-5,7-8,17H,6,9H2,1-2H3,(H,16,20). The molecule has 6 nitrogen and oxygen atoms in total. The smallest absolute Gasteiger partial charge is 0.241 e. The molecule has 2 aromatic rings. The van der Waals surface area contributed by atoms with Gasteiger partial charge in [-0.05, 0) is 17.7 Å². The second kappa shape index (κ2) is 6.99. The molecule has 1 aromatic heterocycles. The number of carbonyl (C=O) groups is 1. The number of rotatable bonds is 6. The van der Waals surface area contributed by atoms with Crippen LogP contribution in [0.1, 0.15) is 5.56 Å². The molecular formula is C14H17ClN4O2. The molecule has 1 aromatic carbocycles. The van der Waals surface area contributed by atoms with E-state index in [1.165, 1.54) is 0 Å². The fourth-order valence-electron chi connectivity index (χ4n) is 1.79. The Balaban J connectivity index is 1.94. The van der Waals surface area contributed by atoms with Gasteiger partial charge >= 0.3 is 0 Å². The summed E-state index contributed by atoms with van der Waals surface area (Å²) in [4.78, 5) is 11.2. The quantitative estimate of drug-likeness (QED) is 0.855. The number of nitrogens with zero attached hydrogens (tertiary/aromatic N) is 2. The number of carbonyl (C=O) groups excluding carboxylic acids is 1. The van der Waals surface area contributed by atoms with Crippen molar-refractivity contribution in [3.05, 3.63) is 41.2 Å². The van der Waals surface area contributed by atoms with Crippen molar-refractivity contribution in [2.75, 3.05) is 19.5 Å². The van der Waals surface area contributed by atoms with Crippen molar-refractivity contribution >= 4 is 23.2 Å². The number of anilines is 1. The molecule has 7 heteroatoms. The highest BCUT2D eigenvalue weighted by Gasteiger charge is 2.04. The molecular weight excluding hydrogens is 292 g/mol. The zero-order chi connectivity index (χ0) is 15.2. The second-order valence-corrected chi connectivity index (χ2v) is 4.83.